The molecule has 0 radical (unpaired) electrons. The minimum atomic E-state index is 0.302. The van der Waals surface area contributed by atoms with Gasteiger partial charge in [0.2, 0.25) is 0 Å². The lowest BCUT2D eigenvalue weighted by atomic mass is 9.96. The fraction of sp³-hybridized carbons (Fsp3) is 0.727. The van der Waals surface area contributed by atoms with Crippen LogP contribution in [0, 0.1) is 13.8 Å². The molecule has 2 unspecified atom stereocenters. The third kappa shape index (κ3) is 2.55. The second kappa shape index (κ2) is 4.58. The van der Waals surface area contributed by atoms with E-state index < -0.39 is 0 Å². The van der Waals surface area contributed by atoms with Crippen LogP contribution in [-0.4, -0.2) is 16.3 Å². The van der Waals surface area contributed by atoms with E-state index in [4.69, 9.17) is 10.2 Å². The number of hydrogen-bond acceptors (Lipinski definition) is 4. The van der Waals surface area contributed by atoms with Crippen LogP contribution in [0.4, 0.5) is 0 Å². The summed E-state index contributed by atoms with van der Waals surface area (Å²) < 4.78 is 5.56. The average molecular weight is 226 g/mol. The molecule has 1 saturated carbocycles. The first kappa shape index (κ1) is 11.0. The molecule has 3 nitrogen and oxygen atoms in total. The van der Waals surface area contributed by atoms with Crippen LogP contribution in [0.1, 0.15) is 37.1 Å². The molecule has 2 atom stereocenters. The van der Waals surface area contributed by atoms with Gasteiger partial charge in [0, 0.05) is 11.3 Å². The summed E-state index contributed by atoms with van der Waals surface area (Å²) in [6.45, 7) is 3.93. The number of nitrogens with two attached hydrogens (primary N) is 1. The zero-order valence-electron chi connectivity index (χ0n) is 9.32. The highest BCUT2D eigenvalue weighted by molar-refractivity contribution is 7.99. The molecule has 1 aliphatic rings. The first-order valence-corrected chi connectivity index (χ1v) is 6.41. The fourth-order valence-corrected chi connectivity index (χ4v) is 3.11. The van der Waals surface area contributed by atoms with Crippen molar-refractivity contribution >= 4 is 11.8 Å². The van der Waals surface area contributed by atoms with Crippen molar-refractivity contribution in [3.8, 4) is 0 Å². The Labute approximate surface area is 94.8 Å². The summed E-state index contributed by atoms with van der Waals surface area (Å²) in [5.41, 5.74) is 7.07. The lowest BCUT2D eigenvalue weighted by Gasteiger charge is -2.26. The molecule has 1 aliphatic carbocycles. The molecule has 1 heterocycles. The Morgan fingerprint density at radius 3 is 2.67 bits per heavy atom. The van der Waals surface area contributed by atoms with Crippen molar-refractivity contribution in [2.75, 3.05) is 0 Å². The van der Waals surface area contributed by atoms with Gasteiger partial charge < -0.3 is 10.2 Å². The lowest BCUT2D eigenvalue weighted by molar-refractivity contribution is 0.419. The minimum absolute atomic E-state index is 0.302. The molecule has 84 valence electrons. The molecule has 1 fully saturated rings. The summed E-state index contributed by atoms with van der Waals surface area (Å²) in [6, 6.07) is 0.302. The van der Waals surface area contributed by atoms with Crippen molar-refractivity contribution in [1.29, 1.82) is 0 Å². The highest BCUT2D eigenvalue weighted by Crippen LogP contribution is 2.33. The molecule has 0 aliphatic heterocycles. The van der Waals surface area contributed by atoms with Gasteiger partial charge in [0.15, 0.2) is 0 Å². The van der Waals surface area contributed by atoms with E-state index in [0.29, 0.717) is 11.3 Å². The minimum Gasteiger partial charge on any atom is -0.437 e. The highest BCUT2D eigenvalue weighted by atomic mass is 32.2. The fourth-order valence-electron chi connectivity index (χ4n) is 1.90. The summed E-state index contributed by atoms with van der Waals surface area (Å²) in [4.78, 5) is 4.38. The van der Waals surface area contributed by atoms with Gasteiger partial charge in [0.05, 0.1) is 5.69 Å². The van der Waals surface area contributed by atoms with Crippen LogP contribution >= 0.6 is 11.8 Å². The molecule has 0 spiro atoms. The Hall–Kier alpha value is -0.480. The van der Waals surface area contributed by atoms with Crippen molar-refractivity contribution in [2.24, 2.45) is 5.73 Å². The maximum absolute atomic E-state index is 6.08. The molecular weight excluding hydrogens is 208 g/mol. The maximum Gasteiger partial charge on any atom is 0.256 e. The Kier molecular flexibility index (Phi) is 3.36. The predicted molar refractivity (Wildman–Crippen MR) is 62.1 cm³/mol. The van der Waals surface area contributed by atoms with Crippen molar-refractivity contribution in [1.82, 2.24) is 4.98 Å². The quantitative estimate of drug-likeness (QED) is 0.842. The average Bonchev–Trinajstić information content (AvgIpc) is 2.50. The zero-order valence-corrected chi connectivity index (χ0v) is 10.1. The van der Waals surface area contributed by atoms with Gasteiger partial charge in [-0.1, -0.05) is 24.6 Å². The summed E-state index contributed by atoms with van der Waals surface area (Å²) in [6.07, 6.45) is 4.87. The standard InChI is InChI=1S/C11H18N2OS/c1-7-8(2)14-11(13-7)15-10-6-4-3-5-9(10)12/h9-10H,3-6,12H2,1-2H3. The highest BCUT2D eigenvalue weighted by Gasteiger charge is 2.24. The van der Waals surface area contributed by atoms with E-state index in [0.717, 1.165) is 23.1 Å². The summed E-state index contributed by atoms with van der Waals surface area (Å²) in [5, 5.41) is 1.27. The molecule has 15 heavy (non-hydrogen) atoms. The third-order valence-corrected chi connectivity index (χ3v) is 4.28. The van der Waals surface area contributed by atoms with Crippen LogP contribution in [-0.2, 0) is 0 Å². The van der Waals surface area contributed by atoms with Gasteiger partial charge in [0.25, 0.3) is 5.22 Å². The van der Waals surface area contributed by atoms with E-state index in [1.54, 1.807) is 11.8 Å². The Balaban J connectivity index is 2.01. The molecule has 0 amide bonds. The first-order valence-electron chi connectivity index (χ1n) is 5.53. The molecule has 2 rings (SSSR count). The molecule has 0 aromatic carbocycles. The van der Waals surface area contributed by atoms with E-state index in [2.05, 4.69) is 4.98 Å². The normalized spacial score (nSPS) is 26.9. The number of aromatic nitrogens is 1. The van der Waals surface area contributed by atoms with Gasteiger partial charge in [-0.2, -0.15) is 0 Å². The van der Waals surface area contributed by atoms with Crippen molar-refractivity contribution in [3.63, 3.8) is 0 Å². The summed E-state index contributed by atoms with van der Waals surface area (Å²) >= 11 is 1.70. The van der Waals surface area contributed by atoms with E-state index in [1.807, 2.05) is 13.8 Å². The van der Waals surface area contributed by atoms with Crippen LogP contribution in [0.2, 0.25) is 0 Å². The van der Waals surface area contributed by atoms with Crippen LogP contribution in [0.3, 0.4) is 0 Å². The van der Waals surface area contributed by atoms with Crippen molar-refractivity contribution < 1.29 is 4.42 Å². The van der Waals surface area contributed by atoms with Gasteiger partial charge in [-0.15, -0.1) is 0 Å². The van der Waals surface area contributed by atoms with Gasteiger partial charge in [-0.25, -0.2) is 4.98 Å². The van der Waals surface area contributed by atoms with E-state index in [1.165, 1.54) is 19.3 Å². The van der Waals surface area contributed by atoms with E-state index in [9.17, 15) is 0 Å². The Morgan fingerprint density at radius 1 is 1.33 bits per heavy atom. The van der Waals surface area contributed by atoms with Gasteiger partial charge >= 0.3 is 0 Å². The third-order valence-electron chi connectivity index (χ3n) is 3.01. The molecule has 4 heteroatoms. The molecular formula is C11H18N2OS. The smallest absolute Gasteiger partial charge is 0.256 e. The monoisotopic (exact) mass is 226 g/mol. The van der Waals surface area contributed by atoms with Crippen LogP contribution in [0.15, 0.2) is 9.64 Å². The second-order valence-electron chi connectivity index (χ2n) is 4.23. The molecule has 0 saturated heterocycles. The number of rotatable bonds is 2. The Bertz CT molecular complexity index is 318. The molecule has 1 aromatic heterocycles. The second-order valence-corrected chi connectivity index (χ2v) is 5.42. The van der Waals surface area contributed by atoms with Crippen LogP contribution < -0.4 is 5.73 Å². The number of thioether (sulfide) groups is 1. The van der Waals surface area contributed by atoms with Gasteiger partial charge in [-0.05, 0) is 26.7 Å². The Morgan fingerprint density at radius 2 is 2.07 bits per heavy atom. The largest absolute Gasteiger partial charge is 0.437 e. The van der Waals surface area contributed by atoms with E-state index >= 15 is 0 Å². The van der Waals surface area contributed by atoms with Gasteiger partial charge in [0.1, 0.15) is 5.76 Å². The molecule has 0 bridgehead atoms. The van der Waals surface area contributed by atoms with Crippen molar-refractivity contribution in [2.45, 2.75) is 56.0 Å². The predicted octanol–water partition coefficient (Wildman–Crippen LogP) is 2.65. The van der Waals surface area contributed by atoms with Crippen molar-refractivity contribution in [3.05, 3.63) is 11.5 Å². The topological polar surface area (TPSA) is 52.0 Å². The molecule has 1 aromatic rings. The number of hydrogen-bond donors (Lipinski definition) is 1. The lowest BCUT2D eigenvalue weighted by Crippen LogP contribution is -2.35. The van der Waals surface area contributed by atoms with Crippen LogP contribution in [0.25, 0.3) is 0 Å². The summed E-state index contributed by atoms with van der Waals surface area (Å²) in [5.74, 6) is 0.918. The molecule has 2 N–H and O–H groups in total. The van der Waals surface area contributed by atoms with E-state index in [-0.39, 0.29) is 0 Å². The summed E-state index contributed by atoms with van der Waals surface area (Å²) in [7, 11) is 0. The van der Waals surface area contributed by atoms with Crippen LogP contribution in [0.5, 0.6) is 0 Å². The number of aryl methyl sites for hydroxylation is 2. The number of nitrogens with zero attached hydrogens (tertiary/aromatic N) is 1. The zero-order chi connectivity index (χ0) is 10.8. The van der Waals surface area contributed by atoms with Gasteiger partial charge in [-0.3, -0.25) is 0 Å². The number of oxazole rings is 1. The maximum atomic E-state index is 6.08. The first-order chi connectivity index (χ1) is 7.16. The SMILES string of the molecule is Cc1nc(SC2CCCCC2N)oc1C.